The average molecular weight is 224 g/mol. The highest BCUT2D eigenvalue weighted by Gasteiger charge is 2.38. The molecule has 4 unspecified atom stereocenters. The minimum absolute atomic E-state index is 0.468. The van der Waals surface area contributed by atoms with E-state index in [1.807, 2.05) is 0 Å². The van der Waals surface area contributed by atoms with E-state index in [0.29, 0.717) is 12.1 Å². The highest BCUT2D eigenvalue weighted by Crippen LogP contribution is 2.28. The molecule has 3 rings (SSSR count). The van der Waals surface area contributed by atoms with Crippen LogP contribution >= 0.6 is 0 Å². The van der Waals surface area contributed by atoms with E-state index in [1.165, 1.54) is 45.2 Å². The lowest BCUT2D eigenvalue weighted by Gasteiger charge is -2.27. The number of ether oxygens (including phenoxy) is 1. The average Bonchev–Trinajstić information content (AvgIpc) is 2.94. The molecular formula is C13H24N2O. The molecule has 0 spiro atoms. The summed E-state index contributed by atoms with van der Waals surface area (Å²) in [6.07, 6.45) is 7.09. The molecule has 0 aromatic rings. The van der Waals surface area contributed by atoms with Crippen LogP contribution in [0.5, 0.6) is 0 Å². The van der Waals surface area contributed by atoms with Crippen molar-refractivity contribution in [1.82, 2.24) is 10.2 Å². The van der Waals surface area contributed by atoms with E-state index in [0.717, 1.165) is 18.7 Å². The summed E-state index contributed by atoms with van der Waals surface area (Å²) >= 11 is 0. The molecule has 3 aliphatic heterocycles. The second-order valence-electron chi connectivity index (χ2n) is 5.65. The van der Waals surface area contributed by atoms with Crippen molar-refractivity contribution in [1.29, 1.82) is 0 Å². The molecular weight excluding hydrogens is 200 g/mol. The van der Waals surface area contributed by atoms with Gasteiger partial charge in [-0.3, -0.25) is 4.90 Å². The van der Waals surface area contributed by atoms with Crippen LogP contribution in [0.1, 0.15) is 39.0 Å². The molecule has 3 fully saturated rings. The van der Waals surface area contributed by atoms with Gasteiger partial charge in [-0.2, -0.15) is 0 Å². The Morgan fingerprint density at radius 1 is 1.19 bits per heavy atom. The molecule has 3 saturated heterocycles. The van der Waals surface area contributed by atoms with Gasteiger partial charge in [0.2, 0.25) is 0 Å². The zero-order chi connectivity index (χ0) is 11.0. The maximum Gasteiger partial charge on any atom is 0.0726 e. The van der Waals surface area contributed by atoms with Crippen molar-refractivity contribution in [3.63, 3.8) is 0 Å². The van der Waals surface area contributed by atoms with E-state index in [1.54, 1.807) is 0 Å². The van der Waals surface area contributed by atoms with E-state index < -0.39 is 0 Å². The third-order valence-electron chi connectivity index (χ3n) is 4.61. The quantitative estimate of drug-likeness (QED) is 0.784. The van der Waals surface area contributed by atoms with E-state index in [4.69, 9.17) is 4.74 Å². The summed E-state index contributed by atoms with van der Waals surface area (Å²) in [6, 6.07) is 2.08. The lowest BCUT2D eigenvalue weighted by atomic mass is 10.0. The first kappa shape index (κ1) is 11.0. The van der Waals surface area contributed by atoms with Crippen molar-refractivity contribution >= 4 is 0 Å². The van der Waals surface area contributed by atoms with Crippen LogP contribution in [0, 0.1) is 0 Å². The molecule has 0 aliphatic carbocycles. The summed E-state index contributed by atoms with van der Waals surface area (Å²) in [6.45, 7) is 5.90. The predicted octanol–water partition coefficient (Wildman–Crippen LogP) is 1.38. The molecule has 0 saturated carbocycles. The van der Waals surface area contributed by atoms with Gasteiger partial charge in [-0.15, -0.1) is 0 Å². The first-order chi connectivity index (χ1) is 7.84. The molecule has 0 radical (unpaired) electrons. The van der Waals surface area contributed by atoms with Crippen LogP contribution in [0.2, 0.25) is 0 Å². The Morgan fingerprint density at radius 3 is 2.94 bits per heavy atom. The predicted molar refractivity (Wildman–Crippen MR) is 64.6 cm³/mol. The minimum atomic E-state index is 0.468. The maximum atomic E-state index is 5.76. The van der Waals surface area contributed by atoms with E-state index in [9.17, 15) is 0 Å². The van der Waals surface area contributed by atoms with Crippen LogP contribution in [0.25, 0.3) is 0 Å². The van der Waals surface area contributed by atoms with Gasteiger partial charge in [0.05, 0.1) is 6.10 Å². The summed E-state index contributed by atoms with van der Waals surface area (Å²) in [5.74, 6) is 0. The van der Waals surface area contributed by atoms with Gasteiger partial charge in [0, 0.05) is 31.3 Å². The normalized spacial score (nSPS) is 41.4. The molecule has 1 N–H and O–H groups in total. The zero-order valence-electron chi connectivity index (χ0n) is 10.3. The Labute approximate surface area is 98.5 Å². The number of nitrogens with one attached hydrogen (secondary N) is 1. The molecule has 3 aliphatic rings. The van der Waals surface area contributed by atoms with Crippen LogP contribution in [0.4, 0.5) is 0 Å². The molecule has 0 aromatic carbocycles. The molecule has 0 aromatic heterocycles. The highest BCUT2D eigenvalue weighted by molar-refractivity contribution is 4.97. The summed E-state index contributed by atoms with van der Waals surface area (Å²) < 4.78 is 5.76. The van der Waals surface area contributed by atoms with Crippen LogP contribution in [-0.4, -0.2) is 48.8 Å². The van der Waals surface area contributed by atoms with Crippen molar-refractivity contribution in [2.45, 2.75) is 63.3 Å². The number of hydrogen-bond acceptors (Lipinski definition) is 3. The first-order valence-corrected chi connectivity index (χ1v) is 6.96. The second kappa shape index (κ2) is 4.63. The van der Waals surface area contributed by atoms with Crippen LogP contribution in [0.15, 0.2) is 0 Å². The number of fused-ring (bicyclic) bond motifs is 1. The Bertz CT molecular complexity index is 240. The van der Waals surface area contributed by atoms with Gasteiger partial charge in [0.1, 0.15) is 0 Å². The van der Waals surface area contributed by atoms with Gasteiger partial charge in [-0.05, 0) is 45.6 Å². The summed E-state index contributed by atoms with van der Waals surface area (Å²) in [4.78, 5) is 2.67. The smallest absolute Gasteiger partial charge is 0.0726 e. The van der Waals surface area contributed by atoms with Crippen molar-refractivity contribution in [3.8, 4) is 0 Å². The standard InChI is InChI=1S/C13H24N2O/c1-10(13-5-3-9-16-13)14-11-6-8-15-7-2-4-12(11)15/h10-14H,2-9H2,1H3. The molecule has 4 atom stereocenters. The Morgan fingerprint density at radius 2 is 2.12 bits per heavy atom. The summed E-state index contributed by atoms with van der Waals surface area (Å²) in [5, 5.41) is 3.83. The van der Waals surface area contributed by atoms with Gasteiger partial charge >= 0.3 is 0 Å². The lowest BCUT2D eigenvalue weighted by molar-refractivity contribution is 0.0780. The van der Waals surface area contributed by atoms with Crippen molar-refractivity contribution in [2.75, 3.05) is 19.7 Å². The van der Waals surface area contributed by atoms with Gasteiger partial charge in [-0.25, -0.2) is 0 Å². The van der Waals surface area contributed by atoms with Gasteiger partial charge in [0.15, 0.2) is 0 Å². The molecule has 3 heterocycles. The van der Waals surface area contributed by atoms with Gasteiger partial charge in [0.25, 0.3) is 0 Å². The largest absolute Gasteiger partial charge is 0.377 e. The first-order valence-electron chi connectivity index (χ1n) is 6.96. The molecule has 0 amide bonds. The fourth-order valence-electron chi connectivity index (χ4n) is 3.72. The van der Waals surface area contributed by atoms with Crippen LogP contribution < -0.4 is 5.32 Å². The Hall–Kier alpha value is -0.120. The van der Waals surface area contributed by atoms with Crippen molar-refractivity contribution < 1.29 is 4.74 Å². The summed E-state index contributed by atoms with van der Waals surface area (Å²) in [7, 11) is 0. The fourth-order valence-corrected chi connectivity index (χ4v) is 3.72. The third kappa shape index (κ3) is 2.01. The topological polar surface area (TPSA) is 24.5 Å². The van der Waals surface area contributed by atoms with E-state index in [-0.39, 0.29) is 0 Å². The van der Waals surface area contributed by atoms with Crippen LogP contribution in [-0.2, 0) is 4.74 Å². The van der Waals surface area contributed by atoms with E-state index >= 15 is 0 Å². The van der Waals surface area contributed by atoms with Gasteiger partial charge in [-0.1, -0.05) is 0 Å². The Balaban J connectivity index is 1.53. The molecule has 0 bridgehead atoms. The summed E-state index contributed by atoms with van der Waals surface area (Å²) in [5.41, 5.74) is 0. The third-order valence-corrected chi connectivity index (χ3v) is 4.61. The molecule has 92 valence electrons. The molecule has 3 nitrogen and oxygen atoms in total. The SMILES string of the molecule is CC(NC1CCN2CCCC12)C1CCCO1. The van der Waals surface area contributed by atoms with Crippen molar-refractivity contribution in [3.05, 3.63) is 0 Å². The highest BCUT2D eigenvalue weighted by atomic mass is 16.5. The number of nitrogens with zero attached hydrogens (tertiary/aromatic N) is 1. The number of rotatable bonds is 3. The minimum Gasteiger partial charge on any atom is -0.377 e. The number of hydrogen-bond donors (Lipinski definition) is 1. The fraction of sp³-hybridized carbons (Fsp3) is 1.00. The van der Waals surface area contributed by atoms with E-state index in [2.05, 4.69) is 17.1 Å². The molecule has 3 heteroatoms. The Kier molecular flexibility index (Phi) is 3.18. The lowest BCUT2D eigenvalue weighted by Crippen LogP contribution is -2.47. The van der Waals surface area contributed by atoms with Gasteiger partial charge < -0.3 is 10.1 Å². The zero-order valence-corrected chi connectivity index (χ0v) is 10.3. The second-order valence-corrected chi connectivity index (χ2v) is 5.65. The monoisotopic (exact) mass is 224 g/mol. The molecule has 16 heavy (non-hydrogen) atoms. The van der Waals surface area contributed by atoms with Crippen LogP contribution in [0.3, 0.4) is 0 Å². The van der Waals surface area contributed by atoms with Crippen molar-refractivity contribution in [2.24, 2.45) is 0 Å². The maximum absolute atomic E-state index is 5.76.